The van der Waals surface area contributed by atoms with E-state index in [4.69, 9.17) is 9.83 Å². The van der Waals surface area contributed by atoms with E-state index in [0.29, 0.717) is 35.4 Å². The van der Waals surface area contributed by atoms with Crippen LogP contribution in [0.15, 0.2) is 10.1 Å². The molecule has 1 N–H and O–H groups in total. The minimum Gasteiger partial charge on any atom is -0.399 e. The van der Waals surface area contributed by atoms with Crippen molar-refractivity contribution in [2.45, 2.75) is 71.6 Å². The van der Waals surface area contributed by atoms with E-state index in [9.17, 15) is 4.79 Å². The highest BCUT2D eigenvalue weighted by Crippen LogP contribution is 2.64. The zero-order chi connectivity index (χ0) is 20.9. The molecule has 5 heteroatoms. The summed E-state index contributed by atoms with van der Waals surface area (Å²) in [5.41, 5.74) is 2.84. The predicted molar refractivity (Wildman–Crippen MR) is 120 cm³/mol. The first-order valence-electron chi connectivity index (χ1n) is 12.3. The number of rotatable bonds is 3. The number of oxime groups is 1. The van der Waals surface area contributed by atoms with E-state index in [2.05, 4.69) is 24.3 Å². The Hall–Kier alpha value is -1.23. The lowest BCUT2D eigenvalue weighted by atomic mass is 9.45. The van der Waals surface area contributed by atoms with Crippen LogP contribution in [0.2, 0.25) is 0 Å². The third-order valence-corrected chi connectivity index (χ3v) is 9.97. The minimum absolute atomic E-state index is 0.0842. The number of carbonyl (C=O) groups is 1. The molecule has 0 aromatic rings. The van der Waals surface area contributed by atoms with E-state index in [0.717, 1.165) is 58.2 Å². The van der Waals surface area contributed by atoms with E-state index in [1.54, 1.807) is 7.11 Å². The average molecular weight is 414 g/mol. The van der Waals surface area contributed by atoms with Gasteiger partial charge in [0.05, 0.1) is 5.71 Å². The van der Waals surface area contributed by atoms with Gasteiger partial charge in [-0.25, -0.2) is 0 Å². The van der Waals surface area contributed by atoms with E-state index in [1.807, 2.05) is 0 Å². The summed E-state index contributed by atoms with van der Waals surface area (Å²) in [6.45, 7) is 8.03. The van der Waals surface area contributed by atoms with E-state index in [1.165, 1.54) is 30.7 Å². The normalized spacial score (nSPS) is 48.5. The summed E-state index contributed by atoms with van der Waals surface area (Å²) in [4.78, 5) is 23.2. The first kappa shape index (κ1) is 20.7. The summed E-state index contributed by atoms with van der Waals surface area (Å²) in [7, 11) is 1.69. The van der Waals surface area contributed by atoms with Crippen LogP contribution in [0.3, 0.4) is 0 Å². The number of aliphatic imine (C=N–C) groups is 1. The molecule has 5 rings (SSSR count). The van der Waals surface area contributed by atoms with Gasteiger partial charge in [0.25, 0.3) is 0 Å². The highest BCUT2D eigenvalue weighted by molar-refractivity contribution is 5.96. The number of ketones is 1. The Morgan fingerprint density at radius 2 is 1.97 bits per heavy atom. The third-order valence-electron chi connectivity index (χ3n) is 9.97. The lowest BCUT2D eigenvalue weighted by Gasteiger charge is -2.59. The molecule has 0 amide bonds. The second-order valence-corrected chi connectivity index (χ2v) is 11.3. The molecule has 1 heterocycles. The first-order valence-corrected chi connectivity index (χ1v) is 12.3. The Kier molecular flexibility index (Phi) is 5.32. The van der Waals surface area contributed by atoms with Crippen LogP contribution in [0.4, 0.5) is 0 Å². The molecule has 1 aliphatic heterocycles. The maximum atomic E-state index is 12.7. The van der Waals surface area contributed by atoms with Gasteiger partial charge in [0.15, 0.2) is 0 Å². The molecule has 4 aliphatic carbocycles. The second kappa shape index (κ2) is 7.72. The molecule has 5 fully saturated rings. The number of nitrogens with zero attached hydrogens (tertiary/aromatic N) is 2. The molecule has 0 aromatic heterocycles. The maximum absolute atomic E-state index is 12.7. The van der Waals surface area contributed by atoms with Crippen molar-refractivity contribution in [2.75, 3.05) is 26.7 Å². The van der Waals surface area contributed by atoms with Gasteiger partial charge in [-0.1, -0.05) is 19.0 Å². The first-order chi connectivity index (χ1) is 14.5. The number of nitrogens with one attached hydrogen (secondary N) is 1. The molecule has 30 heavy (non-hydrogen) atoms. The fourth-order valence-electron chi connectivity index (χ4n) is 8.14. The molecule has 4 unspecified atom stereocenters. The van der Waals surface area contributed by atoms with Crippen LogP contribution in [0.25, 0.3) is 0 Å². The van der Waals surface area contributed by atoms with Crippen LogP contribution in [0.1, 0.15) is 71.6 Å². The second-order valence-electron chi connectivity index (χ2n) is 11.3. The van der Waals surface area contributed by atoms with Crippen molar-refractivity contribution in [2.24, 2.45) is 50.6 Å². The van der Waals surface area contributed by atoms with Gasteiger partial charge in [0, 0.05) is 30.0 Å². The zero-order valence-corrected chi connectivity index (χ0v) is 19.1. The van der Waals surface area contributed by atoms with Crippen LogP contribution in [0.5, 0.6) is 0 Å². The number of hydrogen-bond donors (Lipinski definition) is 1. The molecule has 1 saturated heterocycles. The van der Waals surface area contributed by atoms with Gasteiger partial charge in [-0.2, -0.15) is 0 Å². The summed E-state index contributed by atoms with van der Waals surface area (Å²) < 4.78 is 0. The zero-order valence-electron chi connectivity index (χ0n) is 19.1. The smallest absolute Gasteiger partial charge is 0.139 e. The predicted octanol–water partition coefficient (Wildman–Crippen LogP) is 4.26. The van der Waals surface area contributed by atoms with Gasteiger partial charge < -0.3 is 10.2 Å². The Balaban J connectivity index is 1.40. The number of hydrogen-bond acceptors (Lipinski definition) is 5. The molecule has 0 radical (unpaired) electrons. The largest absolute Gasteiger partial charge is 0.399 e. The third kappa shape index (κ3) is 3.18. The van der Waals surface area contributed by atoms with E-state index >= 15 is 0 Å². The Bertz CT molecular complexity index is 755. The van der Waals surface area contributed by atoms with Crippen LogP contribution in [0, 0.1) is 40.4 Å². The van der Waals surface area contributed by atoms with Crippen LogP contribution in [-0.4, -0.2) is 44.0 Å². The SMILES string of the molecule is CO/N=C1\CC2C3CCC(=O)[C@@]3(C)CCC2[C@@]2(C)CCC(=NCC3CCNC3)C[C@H]12. The Morgan fingerprint density at radius 1 is 1.10 bits per heavy atom. The van der Waals surface area contributed by atoms with Crippen molar-refractivity contribution in [1.82, 2.24) is 5.32 Å². The summed E-state index contributed by atoms with van der Waals surface area (Å²) in [6.07, 6.45) is 9.85. The van der Waals surface area contributed by atoms with Crippen molar-refractivity contribution >= 4 is 17.2 Å². The Morgan fingerprint density at radius 3 is 2.73 bits per heavy atom. The van der Waals surface area contributed by atoms with E-state index in [-0.39, 0.29) is 10.8 Å². The van der Waals surface area contributed by atoms with Crippen LogP contribution >= 0.6 is 0 Å². The van der Waals surface area contributed by atoms with Crippen molar-refractivity contribution in [3.63, 3.8) is 0 Å². The minimum atomic E-state index is -0.0842. The maximum Gasteiger partial charge on any atom is 0.139 e. The summed E-state index contributed by atoms with van der Waals surface area (Å²) in [5.74, 6) is 3.52. The molecule has 4 saturated carbocycles. The molecular formula is C25H39N3O2. The summed E-state index contributed by atoms with van der Waals surface area (Å²) in [6, 6.07) is 0. The fraction of sp³-hybridized carbons (Fsp3) is 0.880. The average Bonchev–Trinajstić information content (AvgIpc) is 3.35. The molecule has 5 nitrogen and oxygen atoms in total. The number of fused-ring (bicyclic) bond motifs is 5. The molecule has 0 bridgehead atoms. The number of Topliss-reactive ketones (excluding diaryl/α,β-unsaturated/α-hetero) is 1. The topological polar surface area (TPSA) is 63.0 Å². The quantitative estimate of drug-likeness (QED) is 0.703. The number of carbonyl (C=O) groups excluding carboxylic acids is 1. The van der Waals surface area contributed by atoms with Crippen LogP contribution in [-0.2, 0) is 9.63 Å². The van der Waals surface area contributed by atoms with Gasteiger partial charge in [-0.15, -0.1) is 0 Å². The van der Waals surface area contributed by atoms with E-state index < -0.39 is 0 Å². The highest BCUT2D eigenvalue weighted by Gasteiger charge is 2.61. The van der Waals surface area contributed by atoms with Crippen molar-refractivity contribution in [1.29, 1.82) is 0 Å². The van der Waals surface area contributed by atoms with Gasteiger partial charge >= 0.3 is 0 Å². The lowest BCUT2D eigenvalue weighted by molar-refractivity contribution is -0.133. The van der Waals surface area contributed by atoms with Gasteiger partial charge in [-0.05, 0) is 93.5 Å². The monoisotopic (exact) mass is 413 g/mol. The van der Waals surface area contributed by atoms with Gasteiger partial charge in [-0.3, -0.25) is 9.79 Å². The van der Waals surface area contributed by atoms with Crippen molar-refractivity contribution in [3.05, 3.63) is 0 Å². The lowest BCUT2D eigenvalue weighted by Crippen LogP contribution is -2.56. The molecule has 166 valence electrons. The van der Waals surface area contributed by atoms with Crippen molar-refractivity contribution in [3.8, 4) is 0 Å². The summed E-state index contributed by atoms with van der Waals surface area (Å²) >= 11 is 0. The molecular weight excluding hydrogens is 374 g/mol. The molecule has 7 atom stereocenters. The van der Waals surface area contributed by atoms with Crippen LogP contribution < -0.4 is 5.32 Å². The molecule has 0 spiro atoms. The standard InChI is InChI=1S/C25H39N3O2/c1-24-9-6-17(27-15-16-8-11-26-14-16)12-21(24)22(28-30-3)13-18-19-4-5-23(29)25(19,2)10-7-20(18)24/h16,18-21,26H,4-15H2,1-3H3/b27-17?,28-22+/t16?,18?,19?,20?,21-,24-,25+/m1/s1. The molecule has 0 aromatic carbocycles. The van der Waals surface area contributed by atoms with Crippen molar-refractivity contribution < 1.29 is 9.63 Å². The fourth-order valence-corrected chi connectivity index (χ4v) is 8.14. The van der Waals surface area contributed by atoms with Gasteiger partial charge in [0.2, 0.25) is 0 Å². The Labute approximate surface area is 181 Å². The summed E-state index contributed by atoms with van der Waals surface area (Å²) in [5, 5.41) is 8.06. The molecule has 5 aliphatic rings. The van der Waals surface area contributed by atoms with Gasteiger partial charge in [0.1, 0.15) is 12.9 Å². The highest BCUT2D eigenvalue weighted by atomic mass is 16.6.